The van der Waals surface area contributed by atoms with E-state index in [2.05, 4.69) is 41.5 Å². The van der Waals surface area contributed by atoms with Gasteiger partial charge in [0.15, 0.2) is 0 Å². The van der Waals surface area contributed by atoms with Crippen LogP contribution in [0.25, 0.3) is 0 Å². The summed E-state index contributed by atoms with van der Waals surface area (Å²) >= 11 is 0. The first-order chi connectivity index (χ1) is 10.3. The maximum absolute atomic E-state index is 4.06. The molecule has 2 unspecified atom stereocenters. The molecule has 1 aromatic carbocycles. The van der Waals surface area contributed by atoms with Crippen molar-refractivity contribution in [1.82, 2.24) is 10.2 Å². The van der Waals surface area contributed by atoms with E-state index in [9.17, 15) is 0 Å². The van der Waals surface area contributed by atoms with Crippen LogP contribution in [-0.4, -0.2) is 36.1 Å². The zero-order chi connectivity index (χ0) is 14.0. The molecule has 3 fully saturated rings. The lowest BCUT2D eigenvalue weighted by molar-refractivity contribution is 0.147. The Hall–Kier alpha value is -0.860. The molecule has 2 bridgehead atoms. The second-order valence-corrected chi connectivity index (χ2v) is 7.96. The van der Waals surface area contributed by atoms with Gasteiger partial charge in [0.1, 0.15) is 0 Å². The predicted octanol–water partition coefficient (Wildman–Crippen LogP) is 2.86. The van der Waals surface area contributed by atoms with Crippen LogP contribution in [-0.2, 0) is 11.8 Å². The predicted molar refractivity (Wildman–Crippen MR) is 85.6 cm³/mol. The summed E-state index contributed by atoms with van der Waals surface area (Å²) in [5, 5.41) is 4.06. The Morgan fingerprint density at radius 3 is 2.71 bits per heavy atom. The highest BCUT2D eigenvalue weighted by Gasteiger charge is 2.58. The number of benzene rings is 1. The topological polar surface area (TPSA) is 15.3 Å². The quantitative estimate of drug-likeness (QED) is 0.897. The third kappa shape index (κ3) is 1.78. The lowest BCUT2D eigenvalue weighted by atomic mass is 9.95. The van der Waals surface area contributed by atoms with E-state index in [4.69, 9.17) is 0 Å². The minimum atomic E-state index is 0.513. The van der Waals surface area contributed by atoms with Crippen LogP contribution < -0.4 is 5.32 Å². The molecule has 2 heterocycles. The molecule has 1 aromatic rings. The number of aryl methyl sites for hydroxylation is 1. The lowest BCUT2D eigenvalue weighted by Gasteiger charge is -2.37. The zero-order valence-corrected chi connectivity index (χ0v) is 13.0. The average molecular weight is 282 g/mol. The molecule has 2 nitrogen and oxygen atoms in total. The Bertz CT molecular complexity index is 554. The second-order valence-electron chi connectivity index (χ2n) is 7.96. The van der Waals surface area contributed by atoms with Gasteiger partial charge in [-0.25, -0.2) is 0 Å². The fraction of sp³-hybridized carbons (Fsp3) is 0.684. The van der Waals surface area contributed by atoms with Crippen molar-refractivity contribution in [3.63, 3.8) is 0 Å². The van der Waals surface area contributed by atoms with Crippen LogP contribution in [0.2, 0.25) is 0 Å². The summed E-state index contributed by atoms with van der Waals surface area (Å²) in [6.45, 7) is 0. The smallest absolute Gasteiger partial charge is 0.0176 e. The van der Waals surface area contributed by atoms with E-state index in [0.29, 0.717) is 5.41 Å². The Morgan fingerprint density at radius 2 is 1.90 bits per heavy atom. The molecular formula is C19H26N2. The molecule has 112 valence electrons. The molecule has 2 aliphatic carbocycles. The summed E-state index contributed by atoms with van der Waals surface area (Å²) < 4.78 is 0. The molecule has 0 radical (unpaired) electrons. The van der Waals surface area contributed by atoms with Crippen molar-refractivity contribution in [1.29, 1.82) is 0 Å². The maximum atomic E-state index is 4.06. The SMILES string of the molecule is CN1C2CCC1CC(N[C@@H]1C[C@]13CCc1ccccc13)C2. The highest BCUT2D eigenvalue weighted by atomic mass is 15.2. The minimum Gasteiger partial charge on any atom is -0.310 e. The Morgan fingerprint density at radius 1 is 1.14 bits per heavy atom. The average Bonchev–Trinajstić information content (AvgIpc) is 3.01. The summed E-state index contributed by atoms with van der Waals surface area (Å²) in [6, 6.07) is 12.4. The molecule has 0 amide bonds. The van der Waals surface area contributed by atoms with E-state index in [0.717, 1.165) is 24.2 Å². The largest absolute Gasteiger partial charge is 0.310 e. The van der Waals surface area contributed by atoms with Crippen molar-refractivity contribution >= 4 is 0 Å². The van der Waals surface area contributed by atoms with Crippen LogP contribution in [0.15, 0.2) is 24.3 Å². The molecule has 2 saturated heterocycles. The number of nitrogens with one attached hydrogen (secondary N) is 1. The third-order valence-corrected chi connectivity index (χ3v) is 7.00. The van der Waals surface area contributed by atoms with Gasteiger partial charge in [-0.15, -0.1) is 0 Å². The first-order valence-electron chi connectivity index (χ1n) is 8.83. The molecule has 5 rings (SSSR count). The number of rotatable bonds is 2. The highest BCUT2D eigenvalue weighted by molar-refractivity contribution is 5.46. The molecule has 21 heavy (non-hydrogen) atoms. The van der Waals surface area contributed by atoms with Crippen LogP contribution in [0.4, 0.5) is 0 Å². The van der Waals surface area contributed by atoms with E-state index in [1.165, 1.54) is 44.9 Å². The van der Waals surface area contributed by atoms with Gasteiger partial charge in [-0.2, -0.15) is 0 Å². The molecule has 1 spiro atoms. The van der Waals surface area contributed by atoms with Gasteiger partial charge >= 0.3 is 0 Å². The summed E-state index contributed by atoms with van der Waals surface area (Å²) in [7, 11) is 2.34. The van der Waals surface area contributed by atoms with Crippen molar-refractivity contribution in [2.75, 3.05) is 7.05 Å². The van der Waals surface area contributed by atoms with Gasteiger partial charge in [-0.05, 0) is 63.1 Å². The number of hydrogen-bond donors (Lipinski definition) is 1. The molecule has 0 aromatic heterocycles. The van der Waals surface area contributed by atoms with Gasteiger partial charge in [-0.3, -0.25) is 0 Å². The van der Waals surface area contributed by atoms with Gasteiger partial charge in [0, 0.05) is 29.6 Å². The van der Waals surface area contributed by atoms with Gasteiger partial charge < -0.3 is 10.2 Å². The van der Waals surface area contributed by atoms with Crippen molar-refractivity contribution in [3.8, 4) is 0 Å². The monoisotopic (exact) mass is 282 g/mol. The lowest BCUT2D eigenvalue weighted by Crippen LogP contribution is -2.48. The molecular weight excluding hydrogens is 256 g/mol. The minimum absolute atomic E-state index is 0.513. The standard InChI is InChI=1S/C19H26N2/c1-21-15-6-7-16(21)11-14(10-15)20-18-12-19(18)9-8-13-4-2-3-5-17(13)19/h2-5,14-16,18,20H,6-12H2,1H3/t14?,15?,16?,18-,19+/m1/s1. The van der Waals surface area contributed by atoms with E-state index in [1.807, 2.05) is 0 Å². The number of hydrogen-bond acceptors (Lipinski definition) is 2. The van der Waals surface area contributed by atoms with E-state index >= 15 is 0 Å². The van der Waals surface area contributed by atoms with Gasteiger partial charge in [0.2, 0.25) is 0 Å². The molecule has 4 aliphatic rings. The van der Waals surface area contributed by atoms with Crippen LogP contribution in [0.5, 0.6) is 0 Å². The van der Waals surface area contributed by atoms with Crippen LogP contribution in [0.1, 0.15) is 49.7 Å². The number of nitrogens with zero attached hydrogens (tertiary/aromatic N) is 1. The van der Waals surface area contributed by atoms with Crippen molar-refractivity contribution in [2.45, 2.75) is 74.5 Å². The first kappa shape index (κ1) is 12.7. The summed E-state index contributed by atoms with van der Waals surface area (Å²) in [5.74, 6) is 0. The maximum Gasteiger partial charge on any atom is 0.0176 e. The number of fused-ring (bicyclic) bond motifs is 4. The molecule has 4 atom stereocenters. The fourth-order valence-electron chi connectivity index (χ4n) is 5.65. The highest BCUT2D eigenvalue weighted by Crippen LogP contribution is 2.57. The number of piperidine rings is 1. The Labute approximate surface area is 127 Å². The summed E-state index contributed by atoms with van der Waals surface area (Å²) in [4.78, 5) is 2.64. The summed E-state index contributed by atoms with van der Waals surface area (Å²) in [6.07, 6.45) is 9.67. The third-order valence-electron chi connectivity index (χ3n) is 7.00. The van der Waals surface area contributed by atoms with Crippen LogP contribution >= 0.6 is 0 Å². The van der Waals surface area contributed by atoms with Gasteiger partial charge in [-0.1, -0.05) is 24.3 Å². The fourth-order valence-corrected chi connectivity index (χ4v) is 5.65. The van der Waals surface area contributed by atoms with E-state index in [1.54, 1.807) is 11.1 Å². The van der Waals surface area contributed by atoms with Crippen molar-refractivity contribution in [2.24, 2.45) is 0 Å². The molecule has 2 heteroatoms. The normalized spacial score (nSPS) is 44.2. The summed E-state index contributed by atoms with van der Waals surface area (Å²) in [5.41, 5.74) is 3.79. The zero-order valence-electron chi connectivity index (χ0n) is 13.0. The molecule has 1 saturated carbocycles. The molecule has 2 aliphatic heterocycles. The van der Waals surface area contributed by atoms with Gasteiger partial charge in [0.05, 0.1) is 0 Å². The van der Waals surface area contributed by atoms with E-state index in [-0.39, 0.29) is 0 Å². The second kappa shape index (κ2) is 4.33. The molecule has 1 N–H and O–H groups in total. The van der Waals surface area contributed by atoms with Crippen molar-refractivity contribution < 1.29 is 0 Å². The van der Waals surface area contributed by atoms with Gasteiger partial charge in [0.25, 0.3) is 0 Å². The van der Waals surface area contributed by atoms with Crippen molar-refractivity contribution in [3.05, 3.63) is 35.4 Å². The van der Waals surface area contributed by atoms with E-state index < -0.39 is 0 Å². The first-order valence-corrected chi connectivity index (χ1v) is 8.83. The van der Waals surface area contributed by atoms with Crippen LogP contribution in [0, 0.1) is 0 Å². The Kier molecular flexibility index (Phi) is 2.61. The Balaban J connectivity index is 1.30. The van der Waals surface area contributed by atoms with Crippen LogP contribution in [0.3, 0.4) is 0 Å².